The van der Waals surface area contributed by atoms with E-state index in [2.05, 4.69) is 170 Å². The van der Waals surface area contributed by atoms with E-state index in [-0.39, 0.29) is 0 Å². The number of para-hydroxylation sites is 1. The van der Waals surface area contributed by atoms with Crippen LogP contribution in [-0.4, -0.2) is 0 Å². The molecule has 1 aliphatic heterocycles. The Hall–Kier alpha value is -6.58. The standard InChI is InChI=1S/C48H33NO2/c1-30-9-3-4-12-38(30)39-25-22-36(27-31(39)2)49(37-23-26-42-43-14-7-10-33-11-8-16-45(48(33)43)51-47(42)29-37)35-20-17-32(18-21-35)34-19-24-41-40-13-5-6-15-44(40)50-46(41)28-34/h3-29H,1-2H3. The van der Waals surface area contributed by atoms with Crippen LogP contribution in [0.2, 0.25) is 0 Å². The van der Waals surface area contributed by atoms with E-state index in [1.54, 1.807) is 0 Å². The minimum atomic E-state index is 0.854. The lowest BCUT2D eigenvalue weighted by Gasteiger charge is -2.28. The van der Waals surface area contributed by atoms with E-state index in [1.165, 1.54) is 33.2 Å². The summed E-state index contributed by atoms with van der Waals surface area (Å²) in [5.74, 6) is 1.75. The Morgan fingerprint density at radius 3 is 1.92 bits per heavy atom. The summed E-state index contributed by atoms with van der Waals surface area (Å²) in [5, 5.41) is 4.62. The normalized spacial score (nSPS) is 11.9. The van der Waals surface area contributed by atoms with Gasteiger partial charge in [-0.1, -0.05) is 97.1 Å². The molecule has 2 heterocycles. The van der Waals surface area contributed by atoms with Crippen molar-refractivity contribution in [1.82, 2.24) is 0 Å². The van der Waals surface area contributed by atoms with Gasteiger partial charge in [0.2, 0.25) is 0 Å². The average Bonchev–Trinajstić information content (AvgIpc) is 3.54. The Bertz CT molecular complexity index is 2800. The first-order valence-corrected chi connectivity index (χ1v) is 17.4. The molecule has 3 heteroatoms. The van der Waals surface area contributed by atoms with Crippen LogP contribution in [0, 0.1) is 13.8 Å². The van der Waals surface area contributed by atoms with Crippen LogP contribution in [0.1, 0.15) is 11.1 Å². The van der Waals surface area contributed by atoms with Gasteiger partial charge >= 0.3 is 0 Å². The van der Waals surface area contributed by atoms with Gasteiger partial charge in [-0.2, -0.15) is 0 Å². The van der Waals surface area contributed by atoms with Crippen molar-refractivity contribution in [1.29, 1.82) is 0 Å². The quantitative estimate of drug-likeness (QED) is 0.185. The van der Waals surface area contributed by atoms with Gasteiger partial charge in [-0.05, 0) is 119 Å². The molecule has 10 rings (SSSR count). The minimum absolute atomic E-state index is 0.854. The van der Waals surface area contributed by atoms with Crippen LogP contribution in [0.25, 0.3) is 66.1 Å². The van der Waals surface area contributed by atoms with E-state index < -0.39 is 0 Å². The number of aryl methyl sites for hydroxylation is 2. The van der Waals surface area contributed by atoms with Crippen molar-refractivity contribution in [2.24, 2.45) is 0 Å². The molecule has 0 bridgehead atoms. The molecule has 0 saturated heterocycles. The summed E-state index contributed by atoms with van der Waals surface area (Å²) in [4.78, 5) is 2.32. The van der Waals surface area contributed by atoms with Crippen molar-refractivity contribution in [3.63, 3.8) is 0 Å². The number of fused-ring (bicyclic) bond motifs is 5. The topological polar surface area (TPSA) is 25.6 Å². The number of furan rings is 1. The molecule has 9 aromatic rings. The predicted octanol–water partition coefficient (Wildman–Crippen LogP) is 13.9. The molecule has 0 atom stereocenters. The van der Waals surface area contributed by atoms with Crippen molar-refractivity contribution < 1.29 is 9.15 Å². The Kier molecular flexibility index (Phi) is 6.62. The molecule has 51 heavy (non-hydrogen) atoms. The highest BCUT2D eigenvalue weighted by atomic mass is 16.5. The van der Waals surface area contributed by atoms with Crippen LogP contribution in [0.4, 0.5) is 17.1 Å². The summed E-state index contributed by atoms with van der Waals surface area (Å²) in [7, 11) is 0. The number of hydrogen-bond acceptors (Lipinski definition) is 3. The largest absolute Gasteiger partial charge is 0.456 e. The van der Waals surface area contributed by atoms with Crippen LogP contribution in [0.15, 0.2) is 168 Å². The molecule has 1 aliphatic rings. The maximum Gasteiger partial charge on any atom is 0.137 e. The molecular weight excluding hydrogens is 623 g/mol. The third-order valence-corrected chi connectivity index (χ3v) is 10.3. The number of hydrogen-bond donors (Lipinski definition) is 0. The Morgan fingerprint density at radius 1 is 0.412 bits per heavy atom. The Labute approximate surface area is 296 Å². The molecule has 0 N–H and O–H groups in total. The number of rotatable bonds is 5. The van der Waals surface area contributed by atoms with Gasteiger partial charge in [-0.25, -0.2) is 0 Å². The van der Waals surface area contributed by atoms with Gasteiger partial charge in [0.1, 0.15) is 22.7 Å². The fraction of sp³-hybridized carbons (Fsp3) is 0.0417. The SMILES string of the molecule is Cc1ccccc1-c1ccc(N(c2ccc(-c3ccc4c(c3)oc3ccccc34)cc2)c2ccc3c(c2)Oc2cccc4cccc-3c24)cc1C. The van der Waals surface area contributed by atoms with Gasteiger partial charge in [0.05, 0.1) is 0 Å². The third-order valence-electron chi connectivity index (χ3n) is 10.3. The van der Waals surface area contributed by atoms with Gasteiger partial charge in [0.15, 0.2) is 0 Å². The van der Waals surface area contributed by atoms with Crippen LogP contribution >= 0.6 is 0 Å². The van der Waals surface area contributed by atoms with Crippen LogP contribution in [0.3, 0.4) is 0 Å². The van der Waals surface area contributed by atoms with Crippen LogP contribution in [0.5, 0.6) is 11.5 Å². The first kappa shape index (κ1) is 29.3. The Balaban J connectivity index is 1.08. The number of nitrogens with zero attached hydrogens (tertiary/aromatic N) is 1. The monoisotopic (exact) mass is 655 g/mol. The maximum atomic E-state index is 6.62. The van der Waals surface area contributed by atoms with Crippen molar-refractivity contribution in [3.05, 3.63) is 175 Å². The lowest BCUT2D eigenvalue weighted by atomic mass is 9.94. The predicted molar refractivity (Wildman–Crippen MR) is 212 cm³/mol. The molecule has 0 amide bonds. The molecule has 0 fully saturated rings. The van der Waals surface area contributed by atoms with E-state index in [0.29, 0.717) is 0 Å². The second-order valence-electron chi connectivity index (χ2n) is 13.4. The zero-order valence-corrected chi connectivity index (χ0v) is 28.4. The van der Waals surface area contributed by atoms with Gasteiger partial charge < -0.3 is 14.1 Å². The molecule has 0 aliphatic carbocycles. The van der Waals surface area contributed by atoms with E-state index in [0.717, 1.165) is 72.6 Å². The third kappa shape index (κ3) is 4.81. The number of benzene rings is 8. The lowest BCUT2D eigenvalue weighted by molar-refractivity contribution is 0.487. The zero-order valence-electron chi connectivity index (χ0n) is 28.4. The number of anilines is 3. The van der Waals surface area contributed by atoms with E-state index in [1.807, 2.05) is 12.1 Å². The fourth-order valence-electron chi connectivity index (χ4n) is 7.81. The summed E-state index contributed by atoms with van der Waals surface area (Å²) in [6.07, 6.45) is 0. The lowest BCUT2D eigenvalue weighted by Crippen LogP contribution is -2.11. The molecule has 0 radical (unpaired) electrons. The number of ether oxygens (including phenoxy) is 1. The summed E-state index contributed by atoms with van der Waals surface area (Å²) < 4.78 is 12.8. The average molecular weight is 656 g/mol. The van der Waals surface area contributed by atoms with Gasteiger partial charge in [0.25, 0.3) is 0 Å². The second-order valence-corrected chi connectivity index (χ2v) is 13.4. The van der Waals surface area contributed by atoms with Gasteiger partial charge in [0, 0.05) is 44.9 Å². The van der Waals surface area contributed by atoms with Crippen LogP contribution in [-0.2, 0) is 0 Å². The Morgan fingerprint density at radius 2 is 1.08 bits per heavy atom. The zero-order chi connectivity index (χ0) is 34.1. The molecule has 1 aromatic heterocycles. The van der Waals surface area contributed by atoms with Crippen LogP contribution < -0.4 is 9.64 Å². The molecule has 0 spiro atoms. The summed E-state index contributed by atoms with van der Waals surface area (Å²) in [6.45, 7) is 4.38. The van der Waals surface area contributed by atoms with E-state index >= 15 is 0 Å². The molecule has 242 valence electrons. The highest BCUT2D eigenvalue weighted by Gasteiger charge is 2.23. The van der Waals surface area contributed by atoms with Gasteiger partial charge in [-0.3, -0.25) is 0 Å². The molecule has 3 nitrogen and oxygen atoms in total. The first-order chi connectivity index (χ1) is 25.1. The summed E-state index contributed by atoms with van der Waals surface area (Å²) >= 11 is 0. The minimum Gasteiger partial charge on any atom is -0.456 e. The smallest absolute Gasteiger partial charge is 0.137 e. The molecular formula is C48H33NO2. The second kappa shape index (κ2) is 11.5. The highest BCUT2D eigenvalue weighted by molar-refractivity contribution is 6.06. The van der Waals surface area contributed by atoms with Crippen molar-refractivity contribution in [2.75, 3.05) is 4.90 Å². The highest BCUT2D eigenvalue weighted by Crippen LogP contribution is 2.49. The molecule has 0 saturated carbocycles. The molecule has 0 unspecified atom stereocenters. The van der Waals surface area contributed by atoms with Crippen molar-refractivity contribution >= 4 is 49.8 Å². The van der Waals surface area contributed by atoms with Gasteiger partial charge in [-0.15, -0.1) is 0 Å². The summed E-state index contributed by atoms with van der Waals surface area (Å²) in [5.41, 5.74) is 14.5. The molecule has 8 aromatic carbocycles. The van der Waals surface area contributed by atoms with E-state index in [4.69, 9.17) is 9.15 Å². The summed E-state index contributed by atoms with van der Waals surface area (Å²) in [6, 6.07) is 58.2. The van der Waals surface area contributed by atoms with Crippen molar-refractivity contribution in [3.8, 4) is 44.9 Å². The van der Waals surface area contributed by atoms with E-state index in [9.17, 15) is 0 Å². The fourth-order valence-corrected chi connectivity index (χ4v) is 7.81. The first-order valence-electron chi connectivity index (χ1n) is 17.4. The van der Waals surface area contributed by atoms with Crippen molar-refractivity contribution in [2.45, 2.75) is 13.8 Å². The maximum absolute atomic E-state index is 6.62.